The van der Waals surface area contributed by atoms with Gasteiger partial charge >= 0.3 is 5.97 Å². The molecule has 0 bridgehead atoms. The molecule has 0 aliphatic carbocycles. The van der Waals surface area contributed by atoms with Gasteiger partial charge in [-0.1, -0.05) is 30.3 Å². The Labute approximate surface area is 153 Å². The van der Waals surface area contributed by atoms with E-state index in [1.807, 2.05) is 47.5 Å². The van der Waals surface area contributed by atoms with E-state index in [-0.39, 0.29) is 12.3 Å². The average molecular weight is 352 g/mol. The van der Waals surface area contributed by atoms with Crippen LogP contribution >= 0.6 is 0 Å². The number of carbonyl (C=O) groups is 2. The van der Waals surface area contributed by atoms with E-state index < -0.39 is 5.97 Å². The fourth-order valence-electron chi connectivity index (χ4n) is 3.48. The lowest BCUT2D eigenvalue weighted by Crippen LogP contribution is -2.29. The standard InChI is InChI=1S/C21H24N2O3/c24-20(8-7-18-2-1-10-22-14-18)23-11-9-19(15-23)12-16-3-5-17(6-4-16)13-21(25)26/h1-6,10,14,19H,7-9,11-13,15H2,(H,25,26). The van der Waals surface area contributed by atoms with Gasteiger partial charge in [0.05, 0.1) is 6.42 Å². The van der Waals surface area contributed by atoms with Crippen molar-refractivity contribution in [2.24, 2.45) is 5.92 Å². The summed E-state index contributed by atoms with van der Waals surface area (Å²) in [6.07, 6.45) is 6.83. The zero-order chi connectivity index (χ0) is 18.4. The maximum absolute atomic E-state index is 12.4. The number of carboxylic acid groups (broad SMARTS) is 1. The third-order valence-corrected chi connectivity index (χ3v) is 4.89. The lowest BCUT2D eigenvalue weighted by Gasteiger charge is -2.16. The smallest absolute Gasteiger partial charge is 0.307 e. The molecule has 0 radical (unpaired) electrons. The summed E-state index contributed by atoms with van der Waals surface area (Å²) in [6.45, 7) is 1.64. The van der Waals surface area contributed by atoms with Gasteiger partial charge in [0.2, 0.25) is 5.91 Å². The number of hydrogen-bond acceptors (Lipinski definition) is 3. The second-order valence-corrected chi connectivity index (χ2v) is 6.95. The first-order chi connectivity index (χ1) is 12.6. The van der Waals surface area contributed by atoms with Crippen LogP contribution in [0.1, 0.15) is 29.5 Å². The number of pyridine rings is 1. The van der Waals surface area contributed by atoms with Crippen molar-refractivity contribution in [3.8, 4) is 0 Å². The van der Waals surface area contributed by atoms with E-state index in [1.54, 1.807) is 6.20 Å². The van der Waals surface area contributed by atoms with E-state index in [0.717, 1.165) is 43.5 Å². The molecule has 1 unspecified atom stereocenters. The lowest BCUT2D eigenvalue weighted by molar-refractivity contribution is -0.136. The van der Waals surface area contributed by atoms with Gasteiger partial charge in [0.15, 0.2) is 0 Å². The van der Waals surface area contributed by atoms with Gasteiger partial charge < -0.3 is 10.0 Å². The van der Waals surface area contributed by atoms with Crippen LogP contribution in [0, 0.1) is 5.92 Å². The Morgan fingerprint density at radius 1 is 1.12 bits per heavy atom. The van der Waals surface area contributed by atoms with Crippen LogP contribution in [-0.2, 0) is 28.9 Å². The number of aliphatic carboxylic acids is 1. The molecule has 1 fully saturated rings. The second kappa shape index (κ2) is 8.61. The Morgan fingerprint density at radius 3 is 2.58 bits per heavy atom. The van der Waals surface area contributed by atoms with Crippen molar-refractivity contribution >= 4 is 11.9 Å². The third kappa shape index (κ3) is 5.15. The second-order valence-electron chi connectivity index (χ2n) is 6.95. The van der Waals surface area contributed by atoms with Crippen molar-refractivity contribution in [1.82, 2.24) is 9.88 Å². The van der Waals surface area contributed by atoms with Crippen LogP contribution in [0.4, 0.5) is 0 Å². The van der Waals surface area contributed by atoms with E-state index in [2.05, 4.69) is 4.98 Å². The number of amides is 1. The van der Waals surface area contributed by atoms with E-state index in [0.29, 0.717) is 12.3 Å². The molecule has 1 amide bonds. The molecule has 5 nitrogen and oxygen atoms in total. The zero-order valence-corrected chi connectivity index (χ0v) is 14.8. The highest BCUT2D eigenvalue weighted by atomic mass is 16.4. The van der Waals surface area contributed by atoms with Gasteiger partial charge in [-0.3, -0.25) is 14.6 Å². The van der Waals surface area contributed by atoms with Gasteiger partial charge in [-0.2, -0.15) is 0 Å². The van der Waals surface area contributed by atoms with E-state index >= 15 is 0 Å². The van der Waals surface area contributed by atoms with Crippen molar-refractivity contribution in [2.75, 3.05) is 13.1 Å². The molecule has 1 aromatic heterocycles. The molecule has 1 saturated heterocycles. The predicted octanol–water partition coefficient (Wildman–Crippen LogP) is 2.73. The van der Waals surface area contributed by atoms with E-state index in [4.69, 9.17) is 5.11 Å². The van der Waals surface area contributed by atoms with Gasteiger partial charge in [-0.15, -0.1) is 0 Å². The molecule has 1 aliphatic heterocycles. The number of likely N-dealkylation sites (tertiary alicyclic amines) is 1. The Morgan fingerprint density at radius 2 is 1.88 bits per heavy atom. The number of aryl methyl sites for hydroxylation is 1. The Hall–Kier alpha value is -2.69. The summed E-state index contributed by atoms with van der Waals surface area (Å²) in [5.41, 5.74) is 3.12. The molecule has 2 heterocycles. The van der Waals surface area contributed by atoms with Crippen molar-refractivity contribution in [3.63, 3.8) is 0 Å². The number of aromatic nitrogens is 1. The summed E-state index contributed by atoms with van der Waals surface area (Å²) in [5.74, 6) is -0.121. The number of carbonyl (C=O) groups excluding carboxylic acids is 1. The molecule has 26 heavy (non-hydrogen) atoms. The summed E-state index contributed by atoms with van der Waals surface area (Å²) >= 11 is 0. The Kier molecular flexibility index (Phi) is 6.00. The van der Waals surface area contributed by atoms with Gasteiger partial charge in [-0.05, 0) is 47.9 Å². The number of rotatable bonds is 7. The summed E-state index contributed by atoms with van der Waals surface area (Å²) in [4.78, 5) is 29.2. The molecule has 3 rings (SSSR count). The Bertz CT molecular complexity index is 744. The van der Waals surface area contributed by atoms with Crippen LogP contribution in [0.2, 0.25) is 0 Å². The highest BCUT2D eigenvalue weighted by molar-refractivity contribution is 5.76. The van der Waals surface area contributed by atoms with E-state index in [9.17, 15) is 9.59 Å². The highest BCUT2D eigenvalue weighted by Gasteiger charge is 2.26. The number of benzene rings is 1. The number of hydrogen-bond donors (Lipinski definition) is 1. The van der Waals surface area contributed by atoms with Crippen molar-refractivity contribution in [2.45, 2.75) is 32.1 Å². The molecule has 1 aliphatic rings. The summed E-state index contributed by atoms with van der Waals surface area (Å²) in [5, 5.41) is 8.82. The molecular formula is C21H24N2O3. The Balaban J connectivity index is 1.46. The average Bonchev–Trinajstić information content (AvgIpc) is 3.10. The van der Waals surface area contributed by atoms with Crippen LogP contribution in [-0.4, -0.2) is 40.0 Å². The molecule has 1 N–H and O–H groups in total. The van der Waals surface area contributed by atoms with Gasteiger partial charge in [0.1, 0.15) is 0 Å². The topological polar surface area (TPSA) is 70.5 Å². The molecule has 0 saturated carbocycles. The third-order valence-electron chi connectivity index (χ3n) is 4.89. The van der Waals surface area contributed by atoms with Gasteiger partial charge in [0, 0.05) is 31.9 Å². The first kappa shape index (κ1) is 18.1. The SMILES string of the molecule is O=C(O)Cc1ccc(CC2CCN(C(=O)CCc3cccnc3)C2)cc1. The molecule has 136 valence electrons. The minimum absolute atomic E-state index is 0.0585. The maximum Gasteiger partial charge on any atom is 0.307 e. The summed E-state index contributed by atoms with van der Waals surface area (Å²) in [6, 6.07) is 11.7. The molecular weight excluding hydrogens is 328 g/mol. The van der Waals surface area contributed by atoms with E-state index in [1.165, 1.54) is 5.56 Å². The normalized spacial score (nSPS) is 16.6. The molecule has 2 aromatic rings. The van der Waals surface area contributed by atoms with Crippen molar-refractivity contribution in [1.29, 1.82) is 0 Å². The summed E-state index contributed by atoms with van der Waals surface area (Å²) < 4.78 is 0. The van der Waals surface area contributed by atoms with Crippen molar-refractivity contribution < 1.29 is 14.7 Å². The maximum atomic E-state index is 12.4. The predicted molar refractivity (Wildman–Crippen MR) is 98.7 cm³/mol. The quantitative estimate of drug-likeness (QED) is 0.832. The molecule has 1 atom stereocenters. The number of carboxylic acids is 1. The van der Waals surface area contributed by atoms with Crippen LogP contribution in [0.15, 0.2) is 48.8 Å². The lowest BCUT2D eigenvalue weighted by atomic mass is 9.97. The van der Waals surface area contributed by atoms with Gasteiger partial charge in [-0.25, -0.2) is 0 Å². The molecule has 0 spiro atoms. The minimum atomic E-state index is -0.811. The largest absolute Gasteiger partial charge is 0.481 e. The monoisotopic (exact) mass is 352 g/mol. The van der Waals surface area contributed by atoms with Crippen LogP contribution in [0.5, 0.6) is 0 Å². The fraction of sp³-hybridized carbons (Fsp3) is 0.381. The fourth-order valence-corrected chi connectivity index (χ4v) is 3.48. The van der Waals surface area contributed by atoms with Gasteiger partial charge in [0.25, 0.3) is 0 Å². The van der Waals surface area contributed by atoms with Crippen molar-refractivity contribution in [3.05, 3.63) is 65.5 Å². The number of nitrogens with zero attached hydrogens (tertiary/aromatic N) is 2. The molecule has 5 heteroatoms. The van der Waals surface area contributed by atoms with Crippen LogP contribution in [0.3, 0.4) is 0 Å². The summed E-state index contributed by atoms with van der Waals surface area (Å²) in [7, 11) is 0. The zero-order valence-electron chi connectivity index (χ0n) is 14.8. The first-order valence-corrected chi connectivity index (χ1v) is 9.06. The van der Waals surface area contributed by atoms with Crippen LogP contribution in [0.25, 0.3) is 0 Å². The first-order valence-electron chi connectivity index (χ1n) is 9.06. The minimum Gasteiger partial charge on any atom is -0.481 e. The van der Waals surface area contributed by atoms with Crippen LogP contribution < -0.4 is 0 Å². The molecule has 1 aromatic carbocycles. The highest BCUT2D eigenvalue weighted by Crippen LogP contribution is 2.22.